The summed E-state index contributed by atoms with van der Waals surface area (Å²) in [6.45, 7) is 1.12. The molecular weight excluding hydrogens is 407 g/mol. The van der Waals surface area contributed by atoms with E-state index in [4.69, 9.17) is 4.42 Å². The number of benzene rings is 1. The van der Waals surface area contributed by atoms with Gasteiger partial charge in [0.2, 0.25) is 5.91 Å². The molecule has 1 aromatic heterocycles. The first-order valence-electron chi connectivity index (χ1n) is 7.51. The van der Waals surface area contributed by atoms with E-state index in [1.807, 2.05) is 24.3 Å². The first-order valence-corrected chi connectivity index (χ1v) is 8.59. The minimum atomic E-state index is -0.183. The Hall–Kier alpha value is -1.83. The molecule has 23 heavy (non-hydrogen) atoms. The number of nitrogens with zero attached hydrogens (tertiary/aromatic N) is 1. The van der Waals surface area contributed by atoms with Crippen LogP contribution in [-0.4, -0.2) is 29.8 Å². The van der Waals surface area contributed by atoms with Crippen LogP contribution in [-0.2, 0) is 4.79 Å². The van der Waals surface area contributed by atoms with Crippen molar-refractivity contribution in [2.24, 2.45) is 5.92 Å². The molecule has 1 atom stereocenters. The highest BCUT2D eigenvalue weighted by atomic mass is 127. The number of furan rings is 1. The van der Waals surface area contributed by atoms with E-state index in [2.05, 4.69) is 27.9 Å². The quantitative estimate of drug-likeness (QED) is 0.769. The van der Waals surface area contributed by atoms with E-state index in [9.17, 15) is 9.59 Å². The monoisotopic (exact) mass is 424 g/mol. The normalized spacial score (nSPS) is 17.8. The number of anilines is 1. The molecule has 3 rings (SSSR count). The van der Waals surface area contributed by atoms with Crippen molar-refractivity contribution in [1.82, 2.24) is 4.90 Å². The highest BCUT2D eigenvalue weighted by molar-refractivity contribution is 14.1. The van der Waals surface area contributed by atoms with Crippen LogP contribution >= 0.6 is 22.6 Å². The first-order chi connectivity index (χ1) is 11.1. The van der Waals surface area contributed by atoms with Crippen molar-refractivity contribution < 1.29 is 14.0 Å². The second-order valence-electron chi connectivity index (χ2n) is 5.60. The van der Waals surface area contributed by atoms with Gasteiger partial charge in [0.25, 0.3) is 5.91 Å². The average molecular weight is 424 g/mol. The summed E-state index contributed by atoms with van der Waals surface area (Å²) >= 11 is 2.21. The number of halogens is 1. The van der Waals surface area contributed by atoms with E-state index in [1.54, 1.807) is 11.0 Å². The van der Waals surface area contributed by atoms with Crippen molar-refractivity contribution in [3.8, 4) is 0 Å². The molecular formula is C17H17IN2O3. The van der Waals surface area contributed by atoms with Crippen LogP contribution in [0.4, 0.5) is 5.69 Å². The summed E-state index contributed by atoms with van der Waals surface area (Å²) in [5.74, 6) is -0.292. The van der Waals surface area contributed by atoms with Crippen LogP contribution in [0.5, 0.6) is 0 Å². The fraction of sp³-hybridized carbons (Fsp3) is 0.294. The second-order valence-corrected chi connectivity index (χ2v) is 6.85. The van der Waals surface area contributed by atoms with Gasteiger partial charge in [-0.05, 0) is 59.7 Å². The van der Waals surface area contributed by atoms with E-state index >= 15 is 0 Å². The molecule has 2 heterocycles. The summed E-state index contributed by atoms with van der Waals surface area (Å²) in [4.78, 5) is 26.6. The van der Waals surface area contributed by atoms with Crippen LogP contribution in [0.1, 0.15) is 23.2 Å². The van der Waals surface area contributed by atoms with Crippen molar-refractivity contribution in [2.75, 3.05) is 18.4 Å². The molecule has 0 bridgehead atoms. The summed E-state index contributed by atoms with van der Waals surface area (Å²) in [5.41, 5.74) is 1.32. The Morgan fingerprint density at radius 2 is 2.17 bits per heavy atom. The molecule has 2 amide bonds. The zero-order chi connectivity index (χ0) is 16.2. The predicted octanol–water partition coefficient (Wildman–Crippen LogP) is 3.38. The van der Waals surface area contributed by atoms with Crippen molar-refractivity contribution in [3.63, 3.8) is 0 Å². The van der Waals surface area contributed by atoms with E-state index in [1.165, 1.54) is 12.5 Å². The van der Waals surface area contributed by atoms with Crippen LogP contribution in [0.3, 0.4) is 0 Å². The number of hydrogen-bond acceptors (Lipinski definition) is 3. The summed E-state index contributed by atoms with van der Waals surface area (Å²) in [6, 6.07) is 9.33. The lowest BCUT2D eigenvalue weighted by Crippen LogP contribution is -2.43. The van der Waals surface area contributed by atoms with Crippen LogP contribution < -0.4 is 5.32 Å². The van der Waals surface area contributed by atoms with Gasteiger partial charge in [0.15, 0.2) is 0 Å². The largest absolute Gasteiger partial charge is 0.472 e. The maximum Gasteiger partial charge on any atom is 0.257 e. The van der Waals surface area contributed by atoms with Crippen LogP contribution in [0, 0.1) is 9.49 Å². The van der Waals surface area contributed by atoms with E-state index in [0.717, 1.165) is 22.1 Å². The number of nitrogens with one attached hydrogen (secondary N) is 1. The second kappa shape index (κ2) is 7.16. The topological polar surface area (TPSA) is 62.6 Å². The lowest BCUT2D eigenvalue weighted by atomic mass is 9.96. The van der Waals surface area contributed by atoms with Crippen molar-refractivity contribution in [2.45, 2.75) is 12.8 Å². The van der Waals surface area contributed by atoms with Crippen molar-refractivity contribution >= 4 is 40.1 Å². The fourth-order valence-electron chi connectivity index (χ4n) is 2.75. The van der Waals surface area contributed by atoms with Gasteiger partial charge in [0.1, 0.15) is 6.26 Å². The number of likely N-dealkylation sites (tertiary alicyclic amines) is 1. The molecule has 1 N–H and O–H groups in total. The van der Waals surface area contributed by atoms with Crippen LogP contribution in [0.25, 0.3) is 0 Å². The molecule has 1 aliphatic rings. The van der Waals surface area contributed by atoms with Gasteiger partial charge in [0, 0.05) is 22.3 Å². The predicted molar refractivity (Wildman–Crippen MR) is 95.1 cm³/mol. The number of amides is 2. The number of carbonyl (C=O) groups is 2. The minimum Gasteiger partial charge on any atom is -0.472 e. The minimum absolute atomic E-state index is 0.0308. The number of hydrogen-bond donors (Lipinski definition) is 1. The van der Waals surface area contributed by atoms with E-state index in [-0.39, 0.29) is 17.7 Å². The molecule has 2 aromatic rings. The lowest BCUT2D eigenvalue weighted by molar-refractivity contribution is -0.121. The molecule has 6 heteroatoms. The van der Waals surface area contributed by atoms with Gasteiger partial charge in [-0.15, -0.1) is 0 Å². The maximum absolute atomic E-state index is 12.5. The zero-order valence-electron chi connectivity index (χ0n) is 12.5. The third-order valence-corrected chi connectivity index (χ3v) is 4.61. The third-order valence-electron chi connectivity index (χ3n) is 3.94. The summed E-state index contributed by atoms with van der Waals surface area (Å²) < 4.78 is 6.03. The molecule has 1 fully saturated rings. The first kappa shape index (κ1) is 16.0. The molecule has 1 aliphatic heterocycles. The Labute approximate surface area is 148 Å². The number of carbonyl (C=O) groups excluding carboxylic acids is 2. The summed E-state index contributed by atoms with van der Waals surface area (Å²) in [6.07, 6.45) is 4.55. The molecule has 1 aromatic carbocycles. The smallest absolute Gasteiger partial charge is 0.257 e. The van der Waals surface area contributed by atoms with Gasteiger partial charge in [-0.2, -0.15) is 0 Å². The lowest BCUT2D eigenvalue weighted by Gasteiger charge is -2.31. The molecule has 0 aliphatic carbocycles. The van der Waals surface area contributed by atoms with Gasteiger partial charge >= 0.3 is 0 Å². The Balaban J connectivity index is 1.64. The highest BCUT2D eigenvalue weighted by Gasteiger charge is 2.29. The molecule has 0 radical (unpaired) electrons. The molecule has 0 unspecified atom stereocenters. The summed E-state index contributed by atoms with van der Waals surface area (Å²) in [5, 5.41) is 2.95. The average Bonchev–Trinajstić information content (AvgIpc) is 3.09. The highest BCUT2D eigenvalue weighted by Crippen LogP contribution is 2.21. The van der Waals surface area contributed by atoms with Crippen LogP contribution in [0.15, 0.2) is 47.3 Å². The van der Waals surface area contributed by atoms with Gasteiger partial charge in [-0.25, -0.2) is 0 Å². The Bertz CT molecular complexity index is 700. The Morgan fingerprint density at radius 3 is 2.91 bits per heavy atom. The van der Waals surface area contributed by atoms with Crippen LogP contribution in [0.2, 0.25) is 0 Å². The van der Waals surface area contributed by atoms with Gasteiger partial charge in [-0.3, -0.25) is 9.59 Å². The fourth-order valence-corrected chi connectivity index (χ4v) is 3.30. The van der Waals surface area contributed by atoms with Crippen molar-refractivity contribution in [3.05, 3.63) is 52.0 Å². The molecule has 0 spiro atoms. The van der Waals surface area contributed by atoms with Gasteiger partial charge in [-0.1, -0.05) is 6.07 Å². The molecule has 120 valence electrons. The van der Waals surface area contributed by atoms with E-state index in [0.29, 0.717) is 18.7 Å². The number of piperidine rings is 1. The standard InChI is InChI=1S/C17H17IN2O3/c18-14-4-1-5-15(9-14)19-16(21)12-3-2-7-20(10-12)17(22)13-6-8-23-11-13/h1,4-6,8-9,11-12H,2-3,7,10H2,(H,19,21)/t12-/m1/s1. The van der Waals surface area contributed by atoms with Crippen molar-refractivity contribution in [1.29, 1.82) is 0 Å². The van der Waals surface area contributed by atoms with Gasteiger partial charge < -0.3 is 14.6 Å². The Morgan fingerprint density at radius 1 is 1.30 bits per heavy atom. The number of rotatable bonds is 3. The molecule has 1 saturated heterocycles. The molecule has 5 nitrogen and oxygen atoms in total. The Kier molecular flexibility index (Phi) is 5.00. The molecule has 0 saturated carbocycles. The van der Waals surface area contributed by atoms with E-state index < -0.39 is 0 Å². The van der Waals surface area contributed by atoms with Gasteiger partial charge in [0.05, 0.1) is 17.7 Å². The third kappa shape index (κ3) is 3.93. The zero-order valence-corrected chi connectivity index (χ0v) is 14.7. The summed E-state index contributed by atoms with van der Waals surface area (Å²) in [7, 11) is 0. The SMILES string of the molecule is O=C(Nc1cccc(I)c1)[C@@H]1CCCN(C(=O)c2ccoc2)C1. The maximum atomic E-state index is 12.5.